The Morgan fingerprint density at radius 3 is 2.77 bits per heavy atom. The van der Waals surface area contributed by atoms with Crippen molar-refractivity contribution < 1.29 is 24.2 Å². The third-order valence-corrected chi connectivity index (χ3v) is 5.07. The zero-order chi connectivity index (χ0) is 18.4. The van der Waals surface area contributed by atoms with Crippen molar-refractivity contribution in [3.63, 3.8) is 0 Å². The van der Waals surface area contributed by atoms with E-state index in [2.05, 4.69) is 10.6 Å². The van der Waals surface area contributed by atoms with Gasteiger partial charge in [0, 0.05) is 29.8 Å². The topological polar surface area (TPSA) is 96.9 Å². The summed E-state index contributed by atoms with van der Waals surface area (Å²) in [6, 6.07) is 8.91. The van der Waals surface area contributed by atoms with Gasteiger partial charge in [0.15, 0.2) is 11.5 Å². The number of aliphatic hydroxyl groups is 1. The Bertz CT molecular complexity index is 763. The molecule has 2 aromatic rings. The van der Waals surface area contributed by atoms with Gasteiger partial charge in [-0.15, -0.1) is 11.3 Å². The van der Waals surface area contributed by atoms with Crippen molar-refractivity contribution in [1.29, 1.82) is 0 Å². The largest absolute Gasteiger partial charge is 0.454 e. The molecule has 0 bridgehead atoms. The number of amides is 2. The molecular weight excluding hydrogens is 356 g/mol. The molecule has 8 heteroatoms. The molecular formula is C18H20N2O5S. The van der Waals surface area contributed by atoms with Crippen LogP contribution in [0, 0.1) is 0 Å². The van der Waals surface area contributed by atoms with Crippen molar-refractivity contribution >= 4 is 28.8 Å². The number of fused-ring (bicyclic) bond motifs is 1. The molecule has 138 valence electrons. The van der Waals surface area contributed by atoms with E-state index in [-0.39, 0.29) is 19.3 Å². The van der Waals surface area contributed by atoms with Gasteiger partial charge in [0.05, 0.1) is 0 Å². The van der Waals surface area contributed by atoms with Crippen LogP contribution in [0.5, 0.6) is 11.5 Å². The molecule has 0 radical (unpaired) electrons. The van der Waals surface area contributed by atoms with E-state index >= 15 is 0 Å². The first-order chi connectivity index (χ1) is 12.7. The number of hydrogen-bond donors (Lipinski definition) is 3. The number of hydrogen-bond acceptors (Lipinski definition) is 6. The molecule has 26 heavy (non-hydrogen) atoms. The van der Waals surface area contributed by atoms with E-state index in [1.54, 1.807) is 29.5 Å². The average molecular weight is 376 g/mol. The number of ether oxygens (including phenoxy) is 2. The molecule has 7 nitrogen and oxygen atoms in total. The Hall–Kier alpha value is -2.58. The number of carbonyl (C=O) groups is 2. The van der Waals surface area contributed by atoms with Gasteiger partial charge in [-0.2, -0.15) is 0 Å². The number of rotatable bonds is 7. The lowest BCUT2D eigenvalue weighted by Gasteiger charge is -2.14. The zero-order valence-corrected chi connectivity index (χ0v) is 14.9. The van der Waals surface area contributed by atoms with Crippen LogP contribution in [0.4, 0.5) is 5.69 Å². The molecule has 0 unspecified atom stereocenters. The van der Waals surface area contributed by atoms with Gasteiger partial charge >= 0.3 is 11.8 Å². The predicted molar refractivity (Wildman–Crippen MR) is 97.6 cm³/mol. The van der Waals surface area contributed by atoms with Crippen molar-refractivity contribution in [3.05, 3.63) is 40.6 Å². The number of nitrogens with one attached hydrogen (secondary N) is 2. The van der Waals surface area contributed by atoms with Crippen molar-refractivity contribution in [2.45, 2.75) is 18.8 Å². The minimum atomic E-state index is -0.737. The quantitative estimate of drug-likeness (QED) is 0.643. The van der Waals surface area contributed by atoms with E-state index in [0.717, 1.165) is 4.88 Å². The second kappa shape index (κ2) is 8.68. The Morgan fingerprint density at radius 1 is 1.15 bits per heavy atom. The summed E-state index contributed by atoms with van der Waals surface area (Å²) in [6.07, 6.45) is 1.28. The van der Waals surface area contributed by atoms with Gasteiger partial charge in [-0.25, -0.2) is 0 Å². The van der Waals surface area contributed by atoms with Crippen LogP contribution in [0.3, 0.4) is 0 Å². The fourth-order valence-corrected chi connectivity index (χ4v) is 3.61. The lowest BCUT2D eigenvalue weighted by Crippen LogP contribution is -2.36. The second-order valence-corrected chi connectivity index (χ2v) is 6.77. The molecule has 1 aromatic carbocycles. The third kappa shape index (κ3) is 4.53. The predicted octanol–water partition coefficient (Wildman–Crippen LogP) is 2.09. The lowest BCUT2D eigenvalue weighted by atomic mass is 10.00. The third-order valence-electron chi connectivity index (χ3n) is 4.04. The van der Waals surface area contributed by atoms with Crippen molar-refractivity contribution in [2.24, 2.45) is 0 Å². The smallest absolute Gasteiger partial charge is 0.313 e. The highest BCUT2D eigenvalue weighted by atomic mass is 32.1. The summed E-state index contributed by atoms with van der Waals surface area (Å²) in [7, 11) is 0. The van der Waals surface area contributed by atoms with Gasteiger partial charge < -0.3 is 25.2 Å². The molecule has 1 aromatic heterocycles. The highest BCUT2D eigenvalue weighted by Crippen LogP contribution is 2.34. The molecule has 2 amide bonds. The summed E-state index contributed by atoms with van der Waals surface area (Å²) in [6.45, 7) is 0.587. The fraction of sp³-hybridized carbons (Fsp3) is 0.333. The maximum absolute atomic E-state index is 12.0. The average Bonchev–Trinajstić information content (AvgIpc) is 3.32. The Morgan fingerprint density at radius 2 is 2.00 bits per heavy atom. The fourth-order valence-electron chi connectivity index (χ4n) is 2.71. The van der Waals surface area contributed by atoms with Crippen LogP contribution in [-0.2, 0) is 9.59 Å². The van der Waals surface area contributed by atoms with E-state index in [9.17, 15) is 14.7 Å². The molecule has 1 aliphatic rings. The highest BCUT2D eigenvalue weighted by Gasteiger charge is 2.18. The second-order valence-electron chi connectivity index (χ2n) is 5.79. The van der Waals surface area contributed by atoms with E-state index in [4.69, 9.17) is 9.47 Å². The number of thiophene rings is 1. The molecule has 0 saturated heterocycles. The van der Waals surface area contributed by atoms with Gasteiger partial charge in [0.2, 0.25) is 6.79 Å². The molecule has 0 saturated carbocycles. The van der Waals surface area contributed by atoms with Crippen LogP contribution in [-0.4, -0.2) is 36.9 Å². The molecule has 1 atom stereocenters. The molecule has 0 fully saturated rings. The summed E-state index contributed by atoms with van der Waals surface area (Å²) in [5, 5.41) is 16.3. The number of aliphatic hydroxyl groups excluding tert-OH is 1. The Labute approximate surface area is 154 Å². The zero-order valence-electron chi connectivity index (χ0n) is 14.1. The van der Waals surface area contributed by atoms with Crippen LogP contribution in [0.15, 0.2) is 35.7 Å². The van der Waals surface area contributed by atoms with Gasteiger partial charge in [0.25, 0.3) is 0 Å². The first-order valence-electron chi connectivity index (χ1n) is 8.30. The van der Waals surface area contributed by atoms with Crippen LogP contribution in [0.2, 0.25) is 0 Å². The minimum absolute atomic E-state index is 0.0844. The SMILES string of the molecule is O=C(NCC[C@@H](CCO)c1cccs1)C(=O)Nc1ccc2c(c1)OCO2. The molecule has 0 aliphatic carbocycles. The summed E-state index contributed by atoms with van der Waals surface area (Å²) >= 11 is 1.62. The van der Waals surface area contributed by atoms with Crippen LogP contribution >= 0.6 is 11.3 Å². The molecule has 1 aliphatic heterocycles. The van der Waals surface area contributed by atoms with Crippen LogP contribution in [0.1, 0.15) is 23.6 Å². The van der Waals surface area contributed by atoms with Crippen LogP contribution in [0.25, 0.3) is 0 Å². The van der Waals surface area contributed by atoms with E-state index in [1.165, 1.54) is 0 Å². The van der Waals surface area contributed by atoms with Gasteiger partial charge in [-0.1, -0.05) is 6.07 Å². The number of carbonyl (C=O) groups excluding carboxylic acids is 2. The van der Waals surface area contributed by atoms with E-state index < -0.39 is 11.8 Å². The maximum Gasteiger partial charge on any atom is 0.313 e. The van der Waals surface area contributed by atoms with Gasteiger partial charge in [0.1, 0.15) is 0 Å². The van der Waals surface area contributed by atoms with Gasteiger partial charge in [-0.05, 0) is 42.3 Å². The van der Waals surface area contributed by atoms with Crippen molar-refractivity contribution in [1.82, 2.24) is 5.32 Å². The lowest BCUT2D eigenvalue weighted by molar-refractivity contribution is -0.136. The van der Waals surface area contributed by atoms with Crippen LogP contribution < -0.4 is 20.1 Å². The number of anilines is 1. The normalized spacial score (nSPS) is 13.3. The summed E-state index contributed by atoms with van der Waals surface area (Å²) in [5.74, 6) is -0.130. The standard InChI is InChI=1S/C18H20N2O5S/c21-8-6-12(16-2-1-9-26-16)5-7-19-17(22)18(23)20-13-3-4-14-15(10-13)25-11-24-14/h1-4,9-10,12,21H,5-8,11H2,(H,19,22)(H,20,23)/t12-/m0/s1. The monoisotopic (exact) mass is 376 g/mol. The van der Waals surface area contributed by atoms with E-state index in [1.807, 2.05) is 17.5 Å². The van der Waals surface area contributed by atoms with Crippen molar-refractivity contribution in [2.75, 3.05) is 25.3 Å². The first kappa shape index (κ1) is 18.2. The molecule has 0 spiro atoms. The molecule has 3 N–H and O–H groups in total. The molecule has 3 rings (SSSR count). The Kier molecular flexibility index (Phi) is 6.08. The first-order valence-corrected chi connectivity index (χ1v) is 9.18. The minimum Gasteiger partial charge on any atom is -0.454 e. The van der Waals surface area contributed by atoms with E-state index in [0.29, 0.717) is 36.6 Å². The Balaban J connectivity index is 1.47. The molecule has 2 heterocycles. The van der Waals surface area contributed by atoms with Gasteiger partial charge in [-0.3, -0.25) is 9.59 Å². The van der Waals surface area contributed by atoms with Crippen molar-refractivity contribution in [3.8, 4) is 11.5 Å². The summed E-state index contributed by atoms with van der Waals surface area (Å²) in [4.78, 5) is 25.2. The number of benzene rings is 1. The highest BCUT2D eigenvalue weighted by molar-refractivity contribution is 7.10. The maximum atomic E-state index is 12.0. The summed E-state index contributed by atoms with van der Waals surface area (Å²) < 4.78 is 10.4. The summed E-state index contributed by atoms with van der Waals surface area (Å²) in [5.41, 5.74) is 0.464.